The minimum Gasteiger partial charge on any atom is -0.303 e. The van der Waals surface area contributed by atoms with Crippen LogP contribution in [0.2, 0.25) is 0 Å². The second-order valence-corrected chi connectivity index (χ2v) is 3.09. The lowest BCUT2D eigenvalue weighted by atomic mass is 10.1. The van der Waals surface area contributed by atoms with Gasteiger partial charge in [0.1, 0.15) is 6.29 Å². The second kappa shape index (κ2) is 6.14. The number of hydrogen-bond acceptors (Lipinski definition) is 1. The summed E-state index contributed by atoms with van der Waals surface area (Å²) in [4.78, 5) is 10.2. The van der Waals surface area contributed by atoms with Gasteiger partial charge < -0.3 is 4.79 Å². The first kappa shape index (κ1) is 10.4. The third-order valence-electron chi connectivity index (χ3n) is 1.90. The van der Waals surface area contributed by atoms with Gasteiger partial charge in [0.05, 0.1) is 0 Å². The van der Waals surface area contributed by atoms with E-state index in [2.05, 4.69) is 19.9 Å². The quantitative estimate of drug-likeness (QED) is 0.439. The molecular formula is C10H18O. The Labute approximate surface area is 69.5 Å². The minimum absolute atomic E-state index is 0.218. The molecule has 0 aromatic rings. The molecule has 0 fully saturated rings. The van der Waals surface area contributed by atoms with Crippen LogP contribution in [0.3, 0.4) is 0 Å². The fourth-order valence-corrected chi connectivity index (χ4v) is 0.805. The van der Waals surface area contributed by atoms with Crippen molar-refractivity contribution in [2.75, 3.05) is 0 Å². The van der Waals surface area contributed by atoms with Crippen molar-refractivity contribution in [2.45, 2.75) is 40.0 Å². The van der Waals surface area contributed by atoms with E-state index < -0.39 is 0 Å². The van der Waals surface area contributed by atoms with E-state index in [1.165, 1.54) is 5.57 Å². The van der Waals surface area contributed by atoms with Crippen LogP contribution < -0.4 is 0 Å². The summed E-state index contributed by atoms with van der Waals surface area (Å²) in [5.41, 5.74) is 1.42. The lowest BCUT2D eigenvalue weighted by molar-refractivity contribution is -0.110. The zero-order valence-electron chi connectivity index (χ0n) is 7.76. The molecule has 0 saturated heterocycles. The van der Waals surface area contributed by atoms with Crippen molar-refractivity contribution in [2.24, 2.45) is 5.92 Å². The summed E-state index contributed by atoms with van der Waals surface area (Å²) < 4.78 is 0. The number of rotatable bonds is 5. The van der Waals surface area contributed by atoms with E-state index in [0.29, 0.717) is 0 Å². The summed E-state index contributed by atoms with van der Waals surface area (Å²) in [5, 5.41) is 0. The van der Waals surface area contributed by atoms with Gasteiger partial charge in [0.2, 0.25) is 0 Å². The van der Waals surface area contributed by atoms with Gasteiger partial charge in [0, 0.05) is 5.92 Å². The van der Waals surface area contributed by atoms with Crippen molar-refractivity contribution in [3.8, 4) is 0 Å². The first-order valence-corrected chi connectivity index (χ1v) is 4.31. The molecule has 1 atom stereocenters. The zero-order chi connectivity index (χ0) is 8.69. The molecule has 0 aliphatic carbocycles. The predicted molar refractivity (Wildman–Crippen MR) is 48.5 cm³/mol. The zero-order valence-corrected chi connectivity index (χ0v) is 7.76. The molecule has 0 spiro atoms. The van der Waals surface area contributed by atoms with Gasteiger partial charge in [-0.3, -0.25) is 0 Å². The average molecular weight is 154 g/mol. The topological polar surface area (TPSA) is 17.1 Å². The van der Waals surface area contributed by atoms with Crippen LogP contribution in [-0.2, 0) is 4.79 Å². The van der Waals surface area contributed by atoms with E-state index in [1.807, 2.05) is 6.92 Å². The molecular weight excluding hydrogens is 136 g/mol. The second-order valence-electron chi connectivity index (χ2n) is 3.09. The van der Waals surface area contributed by atoms with Crippen molar-refractivity contribution < 1.29 is 4.79 Å². The maximum absolute atomic E-state index is 10.2. The molecule has 1 heteroatoms. The summed E-state index contributed by atoms with van der Waals surface area (Å²) in [5.74, 6) is 0.218. The fraction of sp³-hybridized carbons (Fsp3) is 0.700. The Kier molecular flexibility index (Phi) is 5.81. The van der Waals surface area contributed by atoms with Gasteiger partial charge in [-0.15, -0.1) is 0 Å². The molecule has 64 valence electrons. The Morgan fingerprint density at radius 1 is 1.55 bits per heavy atom. The Hall–Kier alpha value is -0.590. The molecule has 0 aromatic carbocycles. The smallest absolute Gasteiger partial charge is 0.122 e. The van der Waals surface area contributed by atoms with E-state index in [-0.39, 0.29) is 5.92 Å². The van der Waals surface area contributed by atoms with E-state index in [1.54, 1.807) is 0 Å². The van der Waals surface area contributed by atoms with Crippen molar-refractivity contribution in [1.29, 1.82) is 0 Å². The van der Waals surface area contributed by atoms with Gasteiger partial charge in [-0.25, -0.2) is 0 Å². The highest BCUT2D eigenvalue weighted by Crippen LogP contribution is 2.06. The highest BCUT2D eigenvalue weighted by Gasteiger charge is 1.96. The van der Waals surface area contributed by atoms with Crippen molar-refractivity contribution >= 4 is 6.29 Å². The normalized spacial score (nSPS) is 14.6. The summed E-state index contributed by atoms with van der Waals surface area (Å²) in [6.45, 7) is 6.24. The highest BCUT2D eigenvalue weighted by molar-refractivity contribution is 5.52. The molecule has 11 heavy (non-hydrogen) atoms. The number of allylic oxidation sites excluding steroid dienone is 2. The molecule has 0 amide bonds. The van der Waals surface area contributed by atoms with Gasteiger partial charge >= 0.3 is 0 Å². The number of carbonyl (C=O) groups excluding carboxylic acids is 1. The van der Waals surface area contributed by atoms with E-state index >= 15 is 0 Å². The van der Waals surface area contributed by atoms with E-state index in [9.17, 15) is 4.79 Å². The lowest BCUT2D eigenvalue weighted by Crippen LogP contribution is -1.93. The molecule has 0 aliphatic heterocycles. The fourth-order valence-electron chi connectivity index (χ4n) is 0.805. The highest BCUT2D eigenvalue weighted by atomic mass is 16.1. The molecule has 0 rings (SSSR count). The maximum atomic E-state index is 10.2. The largest absolute Gasteiger partial charge is 0.303 e. The van der Waals surface area contributed by atoms with Gasteiger partial charge in [-0.2, -0.15) is 0 Å². The average Bonchev–Trinajstić information content (AvgIpc) is 2.04. The van der Waals surface area contributed by atoms with Crippen molar-refractivity contribution in [3.05, 3.63) is 11.6 Å². The van der Waals surface area contributed by atoms with Crippen LogP contribution in [0.4, 0.5) is 0 Å². The lowest BCUT2D eigenvalue weighted by Gasteiger charge is -1.99. The summed E-state index contributed by atoms with van der Waals surface area (Å²) in [6, 6.07) is 0. The van der Waals surface area contributed by atoms with Crippen LogP contribution in [0.15, 0.2) is 11.6 Å². The van der Waals surface area contributed by atoms with Gasteiger partial charge in [-0.1, -0.05) is 25.5 Å². The van der Waals surface area contributed by atoms with Crippen LogP contribution in [0, 0.1) is 5.92 Å². The Morgan fingerprint density at radius 3 is 2.64 bits per heavy atom. The SMILES string of the molecule is CCC(C)=CCCC(C)C=O. The molecule has 0 aromatic heterocycles. The molecule has 1 unspecified atom stereocenters. The molecule has 0 heterocycles. The number of aldehydes is 1. The first-order chi connectivity index (χ1) is 5.20. The Bertz CT molecular complexity index is 136. The van der Waals surface area contributed by atoms with Crippen molar-refractivity contribution in [1.82, 2.24) is 0 Å². The van der Waals surface area contributed by atoms with Crippen molar-refractivity contribution in [3.63, 3.8) is 0 Å². The molecule has 0 aliphatic rings. The molecule has 0 radical (unpaired) electrons. The van der Waals surface area contributed by atoms with E-state index in [0.717, 1.165) is 25.5 Å². The van der Waals surface area contributed by atoms with Gasteiger partial charge in [0.25, 0.3) is 0 Å². The monoisotopic (exact) mass is 154 g/mol. The standard InChI is InChI=1S/C10H18O/c1-4-9(2)6-5-7-10(3)8-11/h6,8,10H,4-5,7H2,1-3H3. The van der Waals surface area contributed by atoms with Crippen LogP contribution in [0.5, 0.6) is 0 Å². The summed E-state index contributed by atoms with van der Waals surface area (Å²) >= 11 is 0. The predicted octanol–water partition coefficient (Wildman–Crippen LogP) is 2.96. The third-order valence-corrected chi connectivity index (χ3v) is 1.90. The summed E-state index contributed by atoms with van der Waals surface area (Å²) in [6.07, 6.45) is 6.39. The van der Waals surface area contributed by atoms with Crippen LogP contribution >= 0.6 is 0 Å². The Morgan fingerprint density at radius 2 is 2.18 bits per heavy atom. The minimum atomic E-state index is 0.218. The van der Waals surface area contributed by atoms with Crippen LogP contribution in [-0.4, -0.2) is 6.29 Å². The van der Waals surface area contributed by atoms with Crippen LogP contribution in [0.25, 0.3) is 0 Å². The maximum Gasteiger partial charge on any atom is 0.122 e. The molecule has 0 saturated carbocycles. The molecule has 0 bridgehead atoms. The van der Waals surface area contributed by atoms with Gasteiger partial charge in [-0.05, 0) is 26.2 Å². The third kappa shape index (κ3) is 5.84. The van der Waals surface area contributed by atoms with Crippen LogP contribution in [0.1, 0.15) is 40.0 Å². The number of hydrogen-bond donors (Lipinski definition) is 0. The summed E-state index contributed by atoms with van der Waals surface area (Å²) in [7, 11) is 0. The molecule has 0 N–H and O–H groups in total. The Balaban J connectivity index is 3.47. The van der Waals surface area contributed by atoms with Gasteiger partial charge in [0.15, 0.2) is 0 Å². The molecule has 1 nitrogen and oxygen atoms in total. The number of carbonyl (C=O) groups is 1. The first-order valence-electron chi connectivity index (χ1n) is 4.31. The van der Waals surface area contributed by atoms with E-state index in [4.69, 9.17) is 0 Å².